The Hall–Kier alpha value is -3.32. The molecular formula is C25H28N2O4S. The first-order valence-corrected chi connectivity index (χ1v) is 11.7. The molecule has 0 bridgehead atoms. The summed E-state index contributed by atoms with van der Waals surface area (Å²) in [6, 6.07) is 14.1. The predicted molar refractivity (Wildman–Crippen MR) is 128 cm³/mol. The van der Waals surface area contributed by atoms with E-state index in [4.69, 9.17) is 4.74 Å². The zero-order valence-electron chi connectivity index (χ0n) is 19.2. The first-order chi connectivity index (χ1) is 15.0. The standard InChI is InChI=1S/C25H28N2O4S/c1-15-7-10-23(31-6)22(13-15)26-25(28)20-9-8-17(3)21(14-20)27-32(29,30)24-18(4)11-16(2)12-19(24)5/h7-14,27H,1-6H3,(H,26,28). The predicted octanol–water partition coefficient (Wildman–Crippen LogP) is 5.29. The third-order valence-electron chi connectivity index (χ3n) is 5.22. The molecule has 0 aliphatic heterocycles. The van der Waals surface area contributed by atoms with E-state index < -0.39 is 10.0 Å². The summed E-state index contributed by atoms with van der Waals surface area (Å²) in [5.41, 5.74) is 5.26. The monoisotopic (exact) mass is 452 g/mol. The molecule has 0 saturated heterocycles. The van der Waals surface area contributed by atoms with Gasteiger partial charge in [-0.05, 0) is 81.1 Å². The van der Waals surface area contributed by atoms with Crippen molar-refractivity contribution in [2.24, 2.45) is 0 Å². The van der Waals surface area contributed by atoms with Crippen molar-refractivity contribution in [2.45, 2.75) is 39.5 Å². The molecule has 0 heterocycles. The summed E-state index contributed by atoms with van der Waals surface area (Å²) >= 11 is 0. The van der Waals surface area contributed by atoms with Crippen LogP contribution in [0.3, 0.4) is 0 Å². The smallest absolute Gasteiger partial charge is 0.262 e. The Balaban J connectivity index is 1.93. The number of methoxy groups -OCH3 is 1. The van der Waals surface area contributed by atoms with Crippen molar-refractivity contribution in [1.82, 2.24) is 0 Å². The van der Waals surface area contributed by atoms with Crippen LogP contribution in [-0.4, -0.2) is 21.4 Å². The zero-order chi connectivity index (χ0) is 23.6. The molecule has 6 nitrogen and oxygen atoms in total. The molecule has 0 radical (unpaired) electrons. The second-order valence-corrected chi connectivity index (χ2v) is 9.64. The number of carbonyl (C=O) groups is 1. The molecule has 0 fully saturated rings. The minimum Gasteiger partial charge on any atom is -0.495 e. The van der Waals surface area contributed by atoms with Crippen LogP contribution in [0.1, 0.15) is 38.2 Å². The minimum absolute atomic E-state index is 0.252. The normalized spacial score (nSPS) is 11.2. The number of rotatable bonds is 6. The van der Waals surface area contributed by atoms with Gasteiger partial charge in [-0.2, -0.15) is 0 Å². The maximum atomic E-state index is 13.2. The Morgan fingerprint density at radius 2 is 1.44 bits per heavy atom. The summed E-state index contributed by atoms with van der Waals surface area (Å²) in [4.78, 5) is 13.1. The molecule has 0 saturated carbocycles. The van der Waals surface area contributed by atoms with Crippen molar-refractivity contribution in [2.75, 3.05) is 17.1 Å². The third-order valence-corrected chi connectivity index (χ3v) is 6.89. The van der Waals surface area contributed by atoms with Gasteiger partial charge in [-0.25, -0.2) is 8.42 Å². The molecular weight excluding hydrogens is 424 g/mol. The number of hydrogen-bond acceptors (Lipinski definition) is 4. The van der Waals surface area contributed by atoms with Crippen molar-refractivity contribution < 1.29 is 17.9 Å². The van der Waals surface area contributed by atoms with Gasteiger partial charge in [0.05, 0.1) is 23.4 Å². The summed E-state index contributed by atoms with van der Waals surface area (Å²) in [6.45, 7) is 9.20. The number of benzene rings is 3. The lowest BCUT2D eigenvalue weighted by Gasteiger charge is -2.16. The largest absolute Gasteiger partial charge is 0.495 e. The highest BCUT2D eigenvalue weighted by atomic mass is 32.2. The van der Waals surface area contributed by atoms with Gasteiger partial charge >= 0.3 is 0 Å². The van der Waals surface area contributed by atoms with E-state index in [1.165, 1.54) is 7.11 Å². The molecule has 0 aliphatic carbocycles. The van der Waals surface area contributed by atoms with Crippen LogP contribution in [0.15, 0.2) is 53.4 Å². The van der Waals surface area contributed by atoms with E-state index >= 15 is 0 Å². The average molecular weight is 453 g/mol. The van der Waals surface area contributed by atoms with Crippen LogP contribution in [0.25, 0.3) is 0 Å². The van der Waals surface area contributed by atoms with Crippen LogP contribution in [0.4, 0.5) is 11.4 Å². The number of nitrogens with one attached hydrogen (secondary N) is 2. The second-order valence-electron chi connectivity index (χ2n) is 8.02. The maximum Gasteiger partial charge on any atom is 0.262 e. The first kappa shape index (κ1) is 23.3. The van der Waals surface area contributed by atoms with E-state index in [1.54, 1.807) is 45.0 Å². The highest BCUT2D eigenvalue weighted by molar-refractivity contribution is 7.92. The summed E-state index contributed by atoms with van der Waals surface area (Å²) in [7, 11) is -2.30. The average Bonchev–Trinajstić information content (AvgIpc) is 2.68. The van der Waals surface area contributed by atoms with Crippen molar-refractivity contribution >= 4 is 27.3 Å². The van der Waals surface area contributed by atoms with Crippen LogP contribution >= 0.6 is 0 Å². The number of ether oxygens (including phenoxy) is 1. The van der Waals surface area contributed by atoms with E-state index in [1.807, 2.05) is 38.1 Å². The third kappa shape index (κ3) is 4.94. The molecule has 0 spiro atoms. The van der Waals surface area contributed by atoms with Gasteiger partial charge in [0.1, 0.15) is 5.75 Å². The lowest BCUT2D eigenvalue weighted by atomic mass is 10.1. The first-order valence-electron chi connectivity index (χ1n) is 10.2. The van der Waals surface area contributed by atoms with Crippen molar-refractivity contribution in [3.8, 4) is 5.75 Å². The summed E-state index contributed by atoms with van der Waals surface area (Å²) in [5.74, 6) is 0.180. The number of amides is 1. The molecule has 3 aromatic carbocycles. The number of hydrogen-bond donors (Lipinski definition) is 2. The highest BCUT2D eigenvalue weighted by Gasteiger charge is 2.21. The van der Waals surface area contributed by atoms with Crippen LogP contribution in [0.5, 0.6) is 5.75 Å². The molecule has 2 N–H and O–H groups in total. The molecule has 0 atom stereocenters. The Kier molecular flexibility index (Phi) is 6.60. The Morgan fingerprint density at radius 3 is 2.06 bits per heavy atom. The van der Waals surface area contributed by atoms with Gasteiger partial charge in [-0.15, -0.1) is 0 Å². The molecule has 3 aromatic rings. The van der Waals surface area contributed by atoms with Crippen LogP contribution < -0.4 is 14.8 Å². The van der Waals surface area contributed by atoms with E-state index in [0.29, 0.717) is 39.4 Å². The van der Waals surface area contributed by atoms with Gasteiger partial charge in [-0.1, -0.05) is 29.8 Å². The molecule has 0 aliphatic rings. The summed E-state index contributed by atoms with van der Waals surface area (Å²) in [6.07, 6.45) is 0. The van der Waals surface area contributed by atoms with Gasteiger partial charge in [0.25, 0.3) is 15.9 Å². The molecule has 1 amide bonds. The SMILES string of the molecule is COc1ccc(C)cc1NC(=O)c1ccc(C)c(NS(=O)(=O)c2c(C)cc(C)cc2C)c1. The zero-order valence-corrected chi connectivity index (χ0v) is 20.0. The summed E-state index contributed by atoms with van der Waals surface area (Å²) in [5, 5.41) is 2.84. The van der Waals surface area contributed by atoms with Crippen LogP contribution in [0.2, 0.25) is 0 Å². The number of aryl methyl sites for hydroxylation is 5. The van der Waals surface area contributed by atoms with Gasteiger partial charge in [0.2, 0.25) is 0 Å². The lowest BCUT2D eigenvalue weighted by Crippen LogP contribution is -2.18. The fraction of sp³-hybridized carbons (Fsp3) is 0.240. The fourth-order valence-electron chi connectivity index (χ4n) is 3.77. The molecule has 0 unspecified atom stereocenters. The fourth-order valence-corrected chi connectivity index (χ4v) is 5.35. The van der Waals surface area contributed by atoms with E-state index in [0.717, 1.165) is 11.1 Å². The van der Waals surface area contributed by atoms with Crippen LogP contribution in [-0.2, 0) is 10.0 Å². The topological polar surface area (TPSA) is 84.5 Å². The second kappa shape index (κ2) is 9.04. The van der Waals surface area contributed by atoms with Gasteiger partial charge in [0.15, 0.2) is 0 Å². The Labute approximate surface area is 189 Å². The number of carbonyl (C=O) groups excluding carboxylic acids is 1. The number of sulfonamides is 1. The Morgan fingerprint density at radius 1 is 0.781 bits per heavy atom. The Bertz CT molecular complexity index is 1270. The van der Waals surface area contributed by atoms with E-state index in [-0.39, 0.29) is 10.8 Å². The van der Waals surface area contributed by atoms with Crippen molar-refractivity contribution in [1.29, 1.82) is 0 Å². The number of anilines is 2. The van der Waals surface area contributed by atoms with Gasteiger partial charge in [0, 0.05) is 5.56 Å². The molecule has 0 aromatic heterocycles. The molecule has 168 valence electrons. The molecule has 32 heavy (non-hydrogen) atoms. The van der Waals surface area contributed by atoms with E-state index in [9.17, 15) is 13.2 Å². The van der Waals surface area contributed by atoms with E-state index in [2.05, 4.69) is 10.0 Å². The lowest BCUT2D eigenvalue weighted by molar-refractivity contribution is 0.102. The molecule has 3 rings (SSSR count). The van der Waals surface area contributed by atoms with Crippen molar-refractivity contribution in [3.63, 3.8) is 0 Å². The maximum absolute atomic E-state index is 13.2. The van der Waals surface area contributed by atoms with Crippen molar-refractivity contribution in [3.05, 3.63) is 81.9 Å². The van der Waals surface area contributed by atoms with Gasteiger partial charge < -0.3 is 10.1 Å². The minimum atomic E-state index is -3.83. The van der Waals surface area contributed by atoms with Gasteiger partial charge in [-0.3, -0.25) is 9.52 Å². The molecule has 7 heteroatoms. The van der Waals surface area contributed by atoms with Crippen LogP contribution in [0, 0.1) is 34.6 Å². The highest BCUT2D eigenvalue weighted by Crippen LogP contribution is 2.28. The quantitative estimate of drug-likeness (QED) is 0.532. The summed E-state index contributed by atoms with van der Waals surface area (Å²) < 4.78 is 34.3.